The molecule has 0 aromatic rings. The van der Waals surface area contributed by atoms with Crippen LogP contribution in [0.1, 0.15) is 32.1 Å². The third kappa shape index (κ3) is 3.16. The molecule has 0 unspecified atom stereocenters. The van der Waals surface area contributed by atoms with Gasteiger partial charge in [0.05, 0.1) is 0 Å². The lowest BCUT2D eigenvalue weighted by molar-refractivity contribution is 0.114. The highest BCUT2D eigenvalue weighted by Gasteiger charge is 2.30. The van der Waals surface area contributed by atoms with Crippen LogP contribution in [0.25, 0.3) is 0 Å². The van der Waals surface area contributed by atoms with Crippen molar-refractivity contribution in [2.24, 2.45) is 5.73 Å². The van der Waals surface area contributed by atoms with E-state index in [1.807, 2.05) is 0 Å². The number of piperidine rings is 1. The topological polar surface area (TPSA) is 32.5 Å². The zero-order chi connectivity index (χ0) is 10.7. The molecule has 3 nitrogen and oxygen atoms in total. The average Bonchev–Trinajstić information content (AvgIpc) is 3.04. The minimum Gasteiger partial charge on any atom is -0.329 e. The molecule has 0 amide bonds. The quantitative estimate of drug-likeness (QED) is 0.733. The number of hydrogen-bond acceptors (Lipinski definition) is 3. The Morgan fingerprint density at radius 2 is 2.07 bits per heavy atom. The first kappa shape index (κ1) is 11.4. The lowest BCUT2D eigenvalue weighted by atomic mass is 10.0. The molecule has 2 rings (SSSR count). The minimum atomic E-state index is 0.771. The van der Waals surface area contributed by atoms with Gasteiger partial charge in [-0.25, -0.2) is 0 Å². The molecular weight excluding hydrogens is 186 g/mol. The highest BCUT2D eigenvalue weighted by molar-refractivity contribution is 4.87. The normalized spacial score (nSPS) is 28.6. The van der Waals surface area contributed by atoms with E-state index in [2.05, 4.69) is 16.8 Å². The van der Waals surface area contributed by atoms with E-state index >= 15 is 0 Å². The summed E-state index contributed by atoms with van der Waals surface area (Å²) in [5, 5.41) is 0. The Morgan fingerprint density at radius 1 is 1.27 bits per heavy atom. The van der Waals surface area contributed by atoms with Crippen LogP contribution >= 0.6 is 0 Å². The first-order valence-electron chi connectivity index (χ1n) is 6.45. The first-order valence-corrected chi connectivity index (χ1v) is 6.45. The lowest BCUT2D eigenvalue weighted by Crippen LogP contribution is -2.48. The number of nitrogens with two attached hydrogens (primary N) is 1. The zero-order valence-corrected chi connectivity index (χ0v) is 9.99. The van der Waals surface area contributed by atoms with Crippen molar-refractivity contribution in [1.82, 2.24) is 9.80 Å². The molecule has 0 bridgehead atoms. The molecule has 0 aromatic carbocycles. The average molecular weight is 211 g/mol. The van der Waals surface area contributed by atoms with Gasteiger partial charge < -0.3 is 10.6 Å². The Kier molecular flexibility index (Phi) is 4.00. The lowest BCUT2D eigenvalue weighted by Gasteiger charge is -2.37. The Morgan fingerprint density at radius 3 is 2.73 bits per heavy atom. The Bertz CT molecular complexity index is 189. The maximum Gasteiger partial charge on any atom is 0.0223 e. The molecule has 0 aromatic heterocycles. The second-order valence-electron chi connectivity index (χ2n) is 5.14. The van der Waals surface area contributed by atoms with Gasteiger partial charge in [-0.1, -0.05) is 6.42 Å². The van der Waals surface area contributed by atoms with Crippen molar-refractivity contribution in [3.05, 3.63) is 0 Å². The molecule has 1 atom stereocenters. The van der Waals surface area contributed by atoms with Gasteiger partial charge in [0.25, 0.3) is 0 Å². The van der Waals surface area contributed by atoms with Gasteiger partial charge >= 0.3 is 0 Å². The molecule has 88 valence electrons. The Labute approximate surface area is 93.6 Å². The molecule has 1 saturated heterocycles. The van der Waals surface area contributed by atoms with Crippen LogP contribution in [0.5, 0.6) is 0 Å². The van der Waals surface area contributed by atoms with Gasteiger partial charge in [0.15, 0.2) is 0 Å². The number of rotatable bonds is 5. The van der Waals surface area contributed by atoms with E-state index in [9.17, 15) is 0 Å². The van der Waals surface area contributed by atoms with Crippen molar-refractivity contribution in [1.29, 1.82) is 0 Å². The van der Waals surface area contributed by atoms with Gasteiger partial charge in [0.1, 0.15) is 0 Å². The maximum absolute atomic E-state index is 5.67. The van der Waals surface area contributed by atoms with Gasteiger partial charge in [-0.15, -0.1) is 0 Å². The second-order valence-corrected chi connectivity index (χ2v) is 5.14. The van der Waals surface area contributed by atoms with E-state index < -0.39 is 0 Å². The smallest absolute Gasteiger partial charge is 0.0223 e. The molecular formula is C12H25N3. The van der Waals surface area contributed by atoms with Crippen molar-refractivity contribution < 1.29 is 0 Å². The van der Waals surface area contributed by atoms with E-state index in [1.54, 1.807) is 0 Å². The number of likely N-dealkylation sites (tertiary alicyclic amines) is 1. The molecule has 1 aliphatic heterocycles. The van der Waals surface area contributed by atoms with E-state index in [0.717, 1.165) is 25.2 Å². The highest BCUT2D eigenvalue weighted by atomic mass is 15.2. The molecule has 2 aliphatic rings. The van der Waals surface area contributed by atoms with Crippen LogP contribution in [0.2, 0.25) is 0 Å². The maximum atomic E-state index is 5.67. The van der Waals surface area contributed by atoms with E-state index in [0.29, 0.717) is 0 Å². The summed E-state index contributed by atoms with van der Waals surface area (Å²) in [5.41, 5.74) is 5.67. The van der Waals surface area contributed by atoms with Crippen LogP contribution in [-0.4, -0.2) is 55.1 Å². The van der Waals surface area contributed by atoms with Gasteiger partial charge in [-0.05, 0) is 39.3 Å². The first-order chi connectivity index (χ1) is 7.31. The van der Waals surface area contributed by atoms with Crippen LogP contribution < -0.4 is 5.73 Å². The SMILES string of the molecule is CN(C[C@@H]1CCCCN1CCN)C1CC1. The van der Waals surface area contributed by atoms with E-state index in [1.165, 1.54) is 45.2 Å². The minimum absolute atomic E-state index is 0.771. The summed E-state index contributed by atoms with van der Waals surface area (Å²) < 4.78 is 0. The second kappa shape index (κ2) is 5.28. The summed E-state index contributed by atoms with van der Waals surface area (Å²) in [6.45, 7) is 4.41. The van der Waals surface area contributed by atoms with Crippen molar-refractivity contribution in [2.75, 3.05) is 33.2 Å². The molecule has 1 saturated carbocycles. The standard InChI is InChI=1S/C12H25N3/c1-14(11-5-6-11)10-12-4-2-3-8-15(12)9-7-13/h11-12H,2-10,13H2,1H3/t12-/m0/s1. The fourth-order valence-corrected chi connectivity index (χ4v) is 2.72. The van der Waals surface area contributed by atoms with Gasteiger partial charge in [-0.3, -0.25) is 4.90 Å². The van der Waals surface area contributed by atoms with E-state index in [4.69, 9.17) is 5.73 Å². The zero-order valence-electron chi connectivity index (χ0n) is 9.99. The summed E-state index contributed by atoms with van der Waals surface area (Å²) >= 11 is 0. The Hall–Kier alpha value is -0.120. The third-order valence-corrected chi connectivity index (χ3v) is 3.83. The highest BCUT2D eigenvalue weighted by Crippen LogP contribution is 2.27. The molecule has 2 N–H and O–H groups in total. The molecule has 0 radical (unpaired) electrons. The van der Waals surface area contributed by atoms with Crippen LogP contribution in [0.4, 0.5) is 0 Å². The van der Waals surface area contributed by atoms with Crippen LogP contribution in [0, 0.1) is 0 Å². The summed E-state index contributed by atoms with van der Waals surface area (Å²) in [5.74, 6) is 0. The van der Waals surface area contributed by atoms with E-state index in [-0.39, 0.29) is 0 Å². The monoisotopic (exact) mass is 211 g/mol. The molecule has 1 aliphatic carbocycles. The fourth-order valence-electron chi connectivity index (χ4n) is 2.72. The van der Waals surface area contributed by atoms with Gasteiger partial charge in [0.2, 0.25) is 0 Å². The molecule has 2 fully saturated rings. The van der Waals surface area contributed by atoms with Crippen molar-refractivity contribution in [3.63, 3.8) is 0 Å². The van der Waals surface area contributed by atoms with Crippen molar-refractivity contribution in [2.45, 2.75) is 44.2 Å². The van der Waals surface area contributed by atoms with Crippen molar-refractivity contribution in [3.8, 4) is 0 Å². The van der Waals surface area contributed by atoms with Crippen LogP contribution in [-0.2, 0) is 0 Å². The van der Waals surface area contributed by atoms with Crippen molar-refractivity contribution >= 4 is 0 Å². The number of hydrogen-bond donors (Lipinski definition) is 1. The largest absolute Gasteiger partial charge is 0.329 e. The summed E-state index contributed by atoms with van der Waals surface area (Å²) in [4.78, 5) is 5.15. The van der Waals surface area contributed by atoms with Gasteiger partial charge in [0, 0.05) is 31.7 Å². The summed E-state index contributed by atoms with van der Waals surface area (Å²) in [6.07, 6.45) is 6.98. The fraction of sp³-hybridized carbons (Fsp3) is 1.00. The van der Waals surface area contributed by atoms with Crippen LogP contribution in [0.3, 0.4) is 0 Å². The summed E-state index contributed by atoms with van der Waals surface area (Å²) in [6, 6.07) is 1.67. The Balaban J connectivity index is 1.80. The number of nitrogens with zero attached hydrogens (tertiary/aromatic N) is 2. The molecule has 15 heavy (non-hydrogen) atoms. The predicted octanol–water partition coefficient (Wildman–Crippen LogP) is 0.894. The number of likely N-dealkylation sites (N-methyl/N-ethyl adjacent to an activating group) is 1. The molecule has 0 spiro atoms. The molecule has 1 heterocycles. The third-order valence-electron chi connectivity index (χ3n) is 3.83. The molecule has 3 heteroatoms. The van der Waals surface area contributed by atoms with Gasteiger partial charge in [-0.2, -0.15) is 0 Å². The predicted molar refractivity (Wildman–Crippen MR) is 63.9 cm³/mol. The van der Waals surface area contributed by atoms with Crippen LogP contribution in [0.15, 0.2) is 0 Å². The summed E-state index contributed by atoms with van der Waals surface area (Å²) in [7, 11) is 2.28.